The van der Waals surface area contributed by atoms with E-state index < -0.39 is 0 Å². The summed E-state index contributed by atoms with van der Waals surface area (Å²) in [4.78, 5) is 28.7. The average Bonchev–Trinajstić information content (AvgIpc) is 2.85. The van der Waals surface area contributed by atoms with Crippen molar-refractivity contribution in [3.63, 3.8) is 0 Å². The maximum atomic E-state index is 11.8. The Bertz CT molecular complexity index is 629. The first kappa shape index (κ1) is 13.7. The molecule has 0 aliphatic heterocycles. The summed E-state index contributed by atoms with van der Waals surface area (Å²) in [6.45, 7) is 4.16. The molecule has 2 aromatic heterocycles. The second-order valence-corrected chi connectivity index (χ2v) is 5.39. The fourth-order valence-electron chi connectivity index (χ4n) is 1.99. The van der Waals surface area contributed by atoms with E-state index in [0.29, 0.717) is 25.2 Å². The summed E-state index contributed by atoms with van der Waals surface area (Å²) >= 11 is 1.46. The molecule has 4 nitrogen and oxygen atoms in total. The lowest BCUT2D eigenvalue weighted by molar-refractivity contribution is 0.0982. The van der Waals surface area contributed by atoms with E-state index in [-0.39, 0.29) is 11.3 Å². The molecule has 2 rings (SSSR count). The highest BCUT2D eigenvalue weighted by Gasteiger charge is 2.08. The first-order chi connectivity index (χ1) is 9.08. The Morgan fingerprint density at radius 1 is 1.42 bits per heavy atom. The third-order valence-corrected chi connectivity index (χ3v) is 3.82. The van der Waals surface area contributed by atoms with Crippen molar-refractivity contribution in [3.05, 3.63) is 50.3 Å². The van der Waals surface area contributed by atoms with E-state index in [0.717, 1.165) is 10.6 Å². The van der Waals surface area contributed by atoms with E-state index in [1.807, 2.05) is 24.4 Å². The largest absolute Gasteiger partial charge is 0.297 e. The Morgan fingerprint density at radius 3 is 2.84 bits per heavy atom. The van der Waals surface area contributed by atoms with Gasteiger partial charge in [0.2, 0.25) is 0 Å². The second-order valence-electron chi connectivity index (χ2n) is 4.44. The van der Waals surface area contributed by atoms with E-state index in [4.69, 9.17) is 0 Å². The number of Topliss-reactive ketones (excluding diaryl/α,β-unsaturated/α-hetero) is 1. The summed E-state index contributed by atoms with van der Waals surface area (Å²) in [6, 6.07) is 5.22. The van der Waals surface area contributed by atoms with Crippen LogP contribution in [0.5, 0.6) is 0 Å². The predicted molar refractivity (Wildman–Crippen MR) is 75.9 cm³/mol. The van der Waals surface area contributed by atoms with Gasteiger partial charge in [-0.3, -0.25) is 14.2 Å². The molecule has 0 unspecified atom stereocenters. The van der Waals surface area contributed by atoms with Gasteiger partial charge in [0.25, 0.3) is 5.56 Å². The van der Waals surface area contributed by atoms with Gasteiger partial charge in [0.15, 0.2) is 5.78 Å². The zero-order valence-corrected chi connectivity index (χ0v) is 11.9. The highest BCUT2D eigenvalue weighted by atomic mass is 32.1. The van der Waals surface area contributed by atoms with Gasteiger partial charge in [0.05, 0.1) is 4.88 Å². The van der Waals surface area contributed by atoms with Gasteiger partial charge in [0.1, 0.15) is 5.82 Å². The third kappa shape index (κ3) is 3.38. The van der Waals surface area contributed by atoms with Crippen molar-refractivity contribution in [2.24, 2.45) is 0 Å². The predicted octanol–water partition coefficient (Wildman–Crippen LogP) is 2.58. The molecule has 5 heteroatoms. The van der Waals surface area contributed by atoms with Crippen LogP contribution in [0.15, 0.2) is 28.4 Å². The number of rotatable bonds is 5. The summed E-state index contributed by atoms with van der Waals surface area (Å²) < 4.78 is 1.62. The van der Waals surface area contributed by atoms with Crippen LogP contribution >= 0.6 is 11.3 Å². The Kier molecular flexibility index (Phi) is 4.27. The number of nitrogens with zero attached hydrogens (tertiary/aromatic N) is 2. The lowest BCUT2D eigenvalue weighted by atomic mass is 10.2. The third-order valence-electron chi connectivity index (χ3n) is 2.91. The van der Waals surface area contributed by atoms with E-state index in [1.165, 1.54) is 17.4 Å². The fourth-order valence-corrected chi connectivity index (χ4v) is 2.69. The fraction of sp³-hybridized carbons (Fsp3) is 0.357. The molecule has 0 bridgehead atoms. The summed E-state index contributed by atoms with van der Waals surface area (Å²) in [5, 5.41) is 1.89. The highest BCUT2D eigenvalue weighted by Crippen LogP contribution is 2.12. The number of carbonyl (C=O) groups is 1. The molecule has 2 heterocycles. The monoisotopic (exact) mass is 276 g/mol. The van der Waals surface area contributed by atoms with Crippen LogP contribution in [0.25, 0.3) is 0 Å². The van der Waals surface area contributed by atoms with Gasteiger partial charge in [-0.05, 0) is 31.7 Å². The summed E-state index contributed by atoms with van der Waals surface area (Å²) in [6.07, 6.45) is 1.11. The maximum Gasteiger partial charge on any atom is 0.253 e. The molecule has 0 aliphatic carbocycles. The van der Waals surface area contributed by atoms with Gasteiger partial charge in [-0.15, -0.1) is 11.3 Å². The van der Waals surface area contributed by atoms with Gasteiger partial charge in [0, 0.05) is 24.7 Å². The van der Waals surface area contributed by atoms with Gasteiger partial charge >= 0.3 is 0 Å². The highest BCUT2D eigenvalue weighted by molar-refractivity contribution is 7.12. The Balaban J connectivity index is 1.97. The zero-order chi connectivity index (χ0) is 13.8. The first-order valence-electron chi connectivity index (χ1n) is 6.19. The molecule has 0 atom stereocenters. The Labute approximate surface area is 115 Å². The van der Waals surface area contributed by atoms with Crippen molar-refractivity contribution in [1.82, 2.24) is 9.55 Å². The SMILES string of the molecule is Cc1cc(=O)n(CCCC(=O)c2cccs2)c(C)n1. The number of hydrogen-bond donors (Lipinski definition) is 0. The molecule has 0 saturated heterocycles. The van der Waals surface area contributed by atoms with Crippen LogP contribution in [0.1, 0.15) is 34.0 Å². The van der Waals surface area contributed by atoms with E-state index >= 15 is 0 Å². The molecule has 19 heavy (non-hydrogen) atoms. The molecule has 0 fully saturated rings. The smallest absolute Gasteiger partial charge is 0.253 e. The maximum absolute atomic E-state index is 11.8. The van der Waals surface area contributed by atoms with Crippen LogP contribution in [0.3, 0.4) is 0 Å². The molecule has 0 N–H and O–H groups in total. The van der Waals surface area contributed by atoms with E-state index in [1.54, 1.807) is 11.5 Å². The minimum Gasteiger partial charge on any atom is -0.297 e. The van der Waals surface area contributed by atoms with Crippen LogP contribution in [0.2, 0.25) is 0 Å². The molecule has 2 aromatic rings. The second kappa shape index (κ2) is 5.93. The van der Waals surface area contributed by atoms with E-state index in [2.05, 4.69) is 4.98 Å². The number of carbonyl (C=O) groups excluding carboxylic acids is 1. The summed E-state index contributed by atoms with van der Waals surface area (Å²) in [5.41, 5.74) is 0.682. The van der Waals surface area contributed by atoms with Crippen LogP contribution in [0, 0.1) is 13.8 Å². The number of aryl methyl sites for hydroxylation is 2. The normalized spacial score (nSPS) is 10.6. The summed E-state index contributed by atoms with van der Waals surface area (Å²) in [7, 11) is 0. The topological polar surface area (TPSA) is 52.0 Å². The minimum atomic E-state index is -0.0476. The quantitative estimate of drug-likeness (QED) is 0.789. The molecule has 0 radical (unpaired) electrons. The van der Waals surface area contributed by atoms with Gasteiger partial charge in [-0.2, -0.15) is 0 Å². The number of hydrogen-bond acceptors (Lipinski definition) is 4. The number of thiophene rings is 1. The summed E-state index contributed by atoms with van der Waals surface area (Å²) in [5.74, 6) is 0.842. The van der Waals surface area contributed by atoms with Crippen molar-refractivity contribution in [2.75, 3.05) is 0 Å². The molecule has 0 aromatic carbocycles. The first-order valence-corrected chi connectivity index (χ1v) is 7.07. The number of ketones is 1. The van der Waals surface area contributed by atoms with Gasteiger partial charge in [-0.25, -0.2) is 4.98 Å². The molecule has 0 amide bonds. The van der Waals surface area contributed by atoms with E-state index in [9.17, 15) is 9.59 Å². The zero-order valence-electron chi connectivity index (χ0n) is 11.0. The van der Waals surface area contributed by atoms with Crippen LogP contribution in [-0.2, 0) is 6.54 Å². The molecule has 100 valence electrons. The van der Waals surface area contributed by atoms with Crippen molar-refractivity contribution >= 4 is 17.1 Å². The minimum absolute atomic E-state index is 0.0476. The molecule has 0 spiro atoms. The lowest BCUT2D eigenvalue weighted by Gasteiger charge is -2.08. The average molecular weight is 276 g/mol. The van der Waals surface area contributed by atoms with Crippen LogP contribution in [-0.4, -0.2) is 15.3 Å². The molecular formula is C14H16N2O2S. The molecule has 0 aliphatic rings. The standard InChI is InChI=1S/C14H16N2O2S/c1-10-9-14(18)16(11(2)15-10)7-3-5-12(17)13-6-4-8-19-13/h4,6,8-9H,3,5,7H2,1-2H3. The van der Waals surface area contributed by atoms with Gasteiger partial charge in [-0.1, -0.05) is 6.07 Å². The lowest BCUT2D eigenvalue weighted by Crippen LogP contribution is -2.23. The Morgan fingerprint density at radius 2 is 2.21 bits per heavy atom. The Hall–Kier alpha value is -1.75. The molecular weight excluding hydrogens is 260 g/mol. The van der Waals surface area contributed by atoms with Gasteiger partial charge < -0.3 is 0 Å². The van der Waals surface area contributed by atoms with Crippen molar-refractivity contribution in [2.45, 2.75) is 33.2 Å². The van der Waals surface area contributed by atoms with Crippen molar-refractivity contribution in [3.8, 4) is 0 Å². The molecule has 0 saturated carbocycles. The van der Waals surface area contributed by atoms with Crippen molar-refractivity contribution in [1.29, 1.82) is 0 Å². The van der Waals surface area contributed by atoms with Crippen molar-refractivity contribution < 1.29 is 4.79 Å². The number of aromatic nitrogens is 2. The van der Waals surface area contributed by atoms with Crippen LogP contribution in [0.4, 0.5) is 0 Å². The van der Waals surface area contributed by atoms with Crippen LogP contribution < -0.4 is 5.56 Å².